The maximum atomic E-state index is 13.2. The molecule has 1 aromatic carbocycles. The molecule has 3 saturated carbocycles. The van der Waals surface area contributed by atoms with E-state index in [4.69, 9.17) is 19.3 Å². The first-order chi connectivity index (χ1) is 17.2. The van der Waals surface area contributed by atoms with E-state index in [1.165, 1.54) is 6.42 Å². The summed E-state index contributed by atoms with van der Waals surface area (Å²) in [5.74, 6) is 0.368. The Morgan fingerprint density at radius 3 is 2.75 bits per heavy atom. The summed E-state index contributed by atoms with van der Waals surface area (Å²) < 4.78 is 19.0. The van der Waals surface area contributed by atoms with Crippen LogP contribution in [0, 0.1) is 28.6 Å². The Kier molecular flexibility index (Phi) is 6.88. The lowest BCUT2D eigenvalue weighted by molar-refractivity contribution is -0.199. The standard InChI is InChI=1S/C27H36BN3O5/c1-26(2)19-14-21(26)27(3)22(15-19)35-28(36-27)23(13-18-7-5-4-6-8-18)30-24(32)16-20-17-31(11-12-34-20)25(33)9-10-29/h4-8,19-23H,9,11-17H2,1-3H3,(H,30,32)/t19-,20?,21-,22+,23-,27-/m0/s1. The van der Waals surface area contributed by atoms with E-state index in [1.807, 2.05) is 36.4 Å². The van der Waals surface area contributed by atoms with Crippen LogP contribution in [0.15, 0.2) is 30.3 Å². The summed E-state index contributed by atoms with van der Waals surface area (Å²) in [7, 11) is -0.528. The molecule has 2 amide bonds. The van der Waals surface area contributed by atoms with Gasteiger partial charge in [-0.05, 0) is 49.0 Å². The Bertz CT molecular complexity index is 1030. The van der Waals surface area contributed by atoms with E-state index >= 15 is 0 Å². The van der Waals surface area contributed by atoms with Gasteiger partial charge in [0.15, 0.2) is 0 Å². The first-order valence-electron chi connectivity index (χ1n) is 13.1. The summed E-state index contributed by atoms with van der Waals surface area (Å²) in [4.78, 5) is 26.9. The van der Waals surface area contributed by atoms with Crippen LogP contribution in [0.4, 0.5) is 0 Å². The van der Waals surface area contributed by atoms with Crippen molar-refractivity contribution in [3.05, 3.63) is 35.9 Å². The van der Waals surface area contributed by atoms with Crippen LogP contribution < -0.4 is 5.32 Å². The van der Waals surface area contributed by atoms with Gasteiger partial charge in [0.1, 0.15) is 6.42 Å². The highest BCUT2D eigenvalue weighted by Crippen LogP contribution is 2.65. The van der Waals surface area contributed by atoms with Gasteiger partial charge in [0.05, 0.1) is 42.8 Å². The molecule has 6 rings (SSSR count). The van der Waals surface area contributed by atoms with E-state index in [9.17, 15) is 9.59 Å². The van der Waals surface area contributed by atoms with Crippen molar-refractivity contribution in [2.75, 3.05) is 19.7 Å². The second kappa shape index (κ2) is 9.81. The van der Waals surface area contributed by atoms with Crippen LogP contribution in [0.2, 0.25) is 0 Å². The van der Waals surface area contributed by atoms with Gasteiger partial charge in [0, 0.05) is 13.1 Å². The zero-order chi connectivity index (χ0) is 25.5. The predicted molar refractivity (Wildman–Crippen MR) is 133 cm³/mol. The number of rotatable bonds is 7. The average Bonchev–Trinajstić information content (AvgIpc) is 3.21. The number of hydrogen-bond donors (Lipinski definition) is 1. The predicted octanol–water partition coefficient (Wildman–Crippen LogP) is 2.51. The molecule has 2 saturated heterocycles. The first-order valence-corrected chi connectivity index (χ1v) is 13.1. The Morgan fingerprint density at radius 1 is 1.25 bits per heavy atom. The van der Waals surface area contributed by atoms with Crippen LogP contribution in [0.1, 0.15) is 52.0 Å². The van der Waals surface area contributed by atoms with Crippen molar-refractivity contribution >= 4 is 18.9 Å². The van der Waals surface area contributed by atoms with Gasteiger partial charge in [0.2, 0.25) is 11.8 Å². The maximum absolute atomic E-state index is 13.2. The van der Waals surface area contributed by atoms with Crippen molar-refractivity contribution in [3.63, 3.8) is 0 Å². The van der Waals surface area contributed by atoms with Crippen molar-refractivity contribution in [1.82, 2.24) is 10.2 Å². The number of carbonyl (C=O) groups excluding carboxylic acids is 2. The molecule has 8 nitrogen and oxygen atoms in total. The number of benzene rings is 1. The lowest BCUT2D eigenvalue weighted by Gasteiger charge is -2.64. The van der Waals surface area contributed by atoms with Gasteiger partial charge in [-0.15, -0.1) is 0 Å². The van der Waals surface area contributed by atoms with Gasteiger partial charge in [-0.2, -0.15) is 5.26 Å². The molecular formula is C27H36BN3O5. The molecule has 1 aromatic rings. The first kappa shape index (κ1) is 25.3. The number of hydrogen-bond acceptors (Lipinski definition) is 6. The van der Waals surface area contributed by atoms with Crippen molar-refractivity contribution < 1.29 is 23.6 Å². The highest BCUT2D eigenvalue weighted by Gasteiger charge is 2.68. The SMILES string of the molecule is CC1(C)[C@@H]2C[C@H]3OB([C@H](Cc4ccccc4)NC(=O)CC4CN(C(=O)CC#N)CCO4)O[C@@]3(C)[C@H]1C2. The molecule has 1 N–H and O–H groups in total. The minimum atomic E-state index is -0.528. The highest BCUT2D eigenvalue weighted by molar-refractivity contribution is 6.48. The fourth-order valence-corrected chi connectivity index (χ4v) is 6.88. The number of amides is 2. The molecule has 36 heavy (non-hydrogen) atoms. The van der Waals surface area contributed by atoms with Crippen LogP contribution in [-0.4, -0.2) is 67.3 Å². The fraction of sp³-hybridized carbons (Fsp3) is 0.667. The van der Waals surface area contributed by atoms with Gasteiger partial charge < -0.3 is 24.3 Å². The third kappa shape index (κ3) is 4.67. The molecule has 5 aliphatic rings. The van der Waals surface area contributed by atoms with E-state index in [1.54, 1.807) is 4.90 Å². The second-order valence-corrected chi connectivity index (χ2v) is 11.6. The molecule has 2 bridgehead atoms. The topological polar surface area (TPSA) is 101 Å². The summed E-state index contributed by atoms with van der Waals surface area (Å²) in [6, 6.07) is 12.0. The van der Waals surface area contributed by atoms with Crippen molar-refractivity contribution in [2.45, 2.75) is 76.6 Å². The van der Waals surface area contributed by atoms with E-state index in [0.29, 0.717) is 38.0 Å². The Balaban J connectivity index is 1.26. The quantitative estimate of drug-likeness (QED) is 0.586. The van der Waals surface area contributed by atoms with E-state index in [-0.39, 0.29) is 47.7 Å². The molecular weight excluding hydrogens is 457 g/mol. The molecule has 9 heteroatoms. The molecule has 0 aromatic heterocycles. The summed E-state index contributed by atoms with van der Waals surface area (Å²) >= 11 is 0. The van der Waals surface area contributed by atoms with Crippen molar-refractivity contribution in [1.29, 1.82) is 5.26 Å². The molecule has 1 unspecified atom stereocenters. The number of ether oxygens (including phenoxy) is 1. The number of nitriles is 1. The summed E-state index contributed by atoms with van der Waals surface area (Å²) in [6.07, 6.45) is 2.36. The number of nitrogens with one attached hydrogen (secondary N) is 1. The average molecular weight is 493 g/mol. The molecule has 6 atom stereocenters. The number of nitrogens with zero attached hydrogens (tertiary/aromatic N) is 2. The smallest absolute Gasteiger partial charge is 0.404 e. The molecule has 5 fully saturated rings. The van der Waals surface area contributed by atoms with Crippen LogP contribution in [0.3, 0.4) is 0 Å². The zero-order valence-electron chi connectivity index (χ0n) is 21.4. The lowest BCUT2D eigenvalue weighted by Crippen LogP contribution is -2.65. The van der Waals surface area contributed by atoms with E-state index in [2.05, 4.69) is 26.1 Å². The molecule has 192 valence electrons. The number of morpholine rings is 1. The summed E-state index contributed by atoms with van der Waals surface area (Å²) in [5.41, 5.74) is 0.993. The van der Waals surface area contributed by atoms with E-state index < -0.39 is 13.2 Å². The zero-order valence-corrected chi connectivity index (χ0v) is 21.4. The minimum absolute atomic E-state index is 0.0378. The van der Waals surface area contributed by atoms with Crippen LogP contribution >= 0.6 is 0 Å². The fourth-order valence-electron chi connectivity index (χ4n) is 6.88. The highest BCUT2D eigenvalue weighted by atomic mass is 16.7. The van der Waals surface area contributed by atoms with Gasteiger partial charge in [-0.3, -0.25) is 9.59 Å². The minimum Gasteiger partial charge on any atom is -0.404 e. The number of carbonyl (C=O) groups is 2. The Labute approximate surface area is 213 Å². The van der Waals surface area contributed by atoms with Crippen molar-refractivity contribution in [3.8, 4) is 6.07 Å². The molecule has 3 aliphatic carbocycles. The van der Waals surface area contributed by atoms with Gasteiger partial charge in [-0.1, -0.05) is 44.2 Å². The maximum Gasteiger partial charge on any atom is 0.482 e. The third-order valence-corrected chi connectivity index (χ3v) is 9.08. The third-order valence-electron chi connectivity index (χ3n) is 9.08. The Hall–Kier alpha value is -2.41. The van der Waals surface area contributed by atoms with Crippen molar-refractivity contribution in [2.24, 2.45) is 17.3 Å². The van der Waals surface area contributed by atoms with Gasteiger partial charge in [-0.25, -0.2) is 0 Å². The second-order valence-electron chi connectivity index (χ2n) is 11.6. The summed E-state index contributed by atoms with van der Waals surface area (Å²) in [5, 5.41) is 12.0. The van der Waals surface area contributed by atoms with Gasteiger partial charge in [0.25, 0.3) is 0 Å². The largest absolute Gasteiger partial charge is 0.482 e. The van der Waals surface area contributed by atoms with Crippen LogP contribution in [-0.2, 0) is 30.1 Å². The molecule has 0 spiro atoms. The Morgan fingerprint density at radius 2 is 2.03 bits per heavy atom. The van der Waals surface area contributed by atoms with Crippen LogP contribution in [0.25, 0.3) is 0 Å². The van der Waals surface area contributed by atoms with Gasteiger partial charge >= 0.3 is 7.12 Å². The molecule has 2 aliphatic heterocycles. The lowest BCUT2D eigenvalue weighted by atomic mass is 9.43. The van der Waals surface area contributed by atoms with E-state index in [0.717, 1.165) is 12.0 Å². The summed E-state index contributed by atoms with van der Waals surface area (Å²) in [6.45, 7) is 7.97. The molecule has 0 radical (unpaired) electrons. The molecule has 2 heterocycles. The normalized spacial score (nSPS) is 33.2. The van der Waals surface area contributed by atoms with Crippen LogP contribution in [0.5, 0.6) is 0 Å². The monoisotopic (exact) mass is 493 g/mol.